The maximum absolute atomic E-state index is 13.2. The number of carbonyl (C=O) groups is 1. The van der Waals surface area contributed by atoms with E-state index in [1.165, 1.54) is 10.7 Å². The average Bonchev–Trinajstić information content (AvgIpc) is 3.15. The van der Waals surface area contributed by atoms with Gasteiger partial charge >= 0.3 is 0 Å². The van der Waals surface area contributed by atoms with Crippen LogP contribution in [0.15, 0.2) is 18.2 Å². The Morgan fingerprint density at radius 3 is 2.76 bits per heavy atom. The molecule has 1 fully saturated rings. The first-order valence-corrected chi connectivity index (χ1v) is 6.59. The topological polar surface area (TPSA) is 59.8 Å². The molecule has 1 N–H and O–H groups in total. The lowest BCUT2D eigenvalue weighted by Crippen LogP contribution is -2.17. The SMILES string of the molecule is Cc1nc(NC(=O)C2CC2c2ccc(F)c(F)c2)n(C)n1. The summed E-state index contributed by atoms with van der Waals surface area (Å²) in [5, 5.41) is 6.74. The highest BCUT2D eigenvalue weighted by atomic mass is 19.2. The quantitative estimate of drug-likeness (QED) is 0.943. The Kier molecular flexibility index (Phi) is 3.19. The van der Waals surface area contributed by atoms with Gasteiger partial charge in [0.1, 0.15) is 5.82 Å². The first-order valence-electron chi connectivity index (χ1n) is 6.59. The van der Waals surface area contributed by atoms with Crippen LogP contribution in [-0.2, 0) is 11.8 Å². The number of anilines is 1. The summed E-state index contributed by atoms with van der Waals surface area (Å²) in [5.74, 6) is -1.31. The van der Waals surface area contributed by atoms with E-state index in [2.05, 4.69) is 15.4 Å². The molecule has 0 bridgehead atoms. The number of amides is 1. The van der Waals surface area contributed by atoms with Gasteiger partial charge in [-0.1, -0.05) is 6.07 Å². The van der Waals surface area contributed by atoms with Crippen LogP contribution in [0.25, 0.3) is 0 Å². The van der Waals surface area contributed by atoms with E-state index in [1.54, 1.807) is 14.0 Å². The number of nitrogens with one attached hydrogen (secondary N) is 1. The second-order valence-corrected chi connectivity index (χ2v) is 5.22. The predicted octanol–water partition coefficient (Wildman–Crippen LogP) is 2.14. The second-order valence-electron chi connectivity index (χ2n) is 5.22. The zero-order valence-corrected chi connectivity index (χ0v) is 11.6. The van der Waals surface area contributed by atoms with Gasteiger partial charge < -0.3 is 0 Å². The van der Waals surface area contributed by atoms with Crippen molar-refractivity contribution < 1.29 is 13.6 Å². The lowest BCUT2D eigenvalue weighted by Gasteiger charge is -2.04. The normalized spacial score (nSPS) is 20.4. The Balaban J connectivity index is 1.68. The number of benzene rings is 1. The van der Waals surface area contributed by atoms with Gasteiger partial charge in [-0.25, -0.2) is 13.5 Å². The molecule has 1 saturated carbocycles. The third-order valence-electron chi connectivity index (χ3n) is 3.60. The third kappa shape index (κ3) is 2.63. The Morgan fingerprint density at radius 1 is 1.38 bits per heavy atom. The van der Waals surface area contributed by atoms with Gasteiger partial charge in [0, 0.05) is 13.0 Å². The van der Waals surface area contributed by atoms with Crippen molar-refractivity contribution >= 4 is 11.9 Å². The van der Waals surface area contributed by atoms with E-state index in [4.69, 9.17) is 0 Å². The van der Waals surface area contributed by atoms with E-state index in [0.717, 1.165) is 12.1 Å². The molecule has 2 unspecified atom stereocenters. The Hall–Kier alpha value is -2.31. The van der Waals surface area contributed by atoms with Crippen LogP contribution in [0.5, 0.6) is 0 Å². The van der Waals surface area contributed by atoms with E-state index in [9.17, 15) is 13.6 Å². The van der Waals surface area contributed by atoms with E-state index in [0.29, 0.717) is 23.8 Å². The molecule has 3 rings (SSSR count). The summed E-state index contributed by atoms with van der Waals surface area (Å²) in [5.41, 5.74) is 0.642. The molecule has 7 heteroatoms. The molecule has 1 heterocycles. The predicted molar refractivity (Wildman–Crippen MR) is 71.6 cm³/mol. The lowest BCUT2D eigenvalue weighted by atomic mass is 10.1. The maximum Gasteiger partial charge on any atom is 0.230 e. The summed E-state index contributed by atoms with van der Waals surface area (Å²) in [6, 6.07) is 3.76. The highest BCUT2D eigenvalue weighted by molar-refractivity contribution is 5.93. The van der Waals surface area contributed by atoms with Crippen molar-refractivity contribution in [2.75, 3.05) is 5.32 Å². The summed E-state index contributed by atoms with van der Waals surface area (Å²) in [4.78, 5) is 16.2. The van der Waals surface area contributed by atoms with Crippen molar-refractivity contribution in [3.63, 3.8) is 0 Å². The van der Waals surface area contributed by atoms with E-state index in [1.807, 2.05) is 0 Å². The molecule has 1 aliphatic rings. The number of rotatable bonds is 3. The molecule has 0 aliphatic heterocycles. The zero-order valence-electron chi connectivity index (χ0n) is 11.6. The van der Waals surface area contributed by atoms with Gasteiger partial charge in [-0.05, 0) is 37.0 Å². The third-order valence-corrected chi connectivity index (χ3v) is 3.60. The van der Waals surface area contributed by atoms with Crippen molar-refractivity contribution in [3.8, 4) is 0 Å². The highest BCUT2D eigenvalue weighted by Crippen LogP contribution is 2.48. The van der Waals surface area contributed by atoms with Crippen LogP contribution in [0.3, 0.4) is 0 Å². The molecule has 0 radical (unpaired) electrons. The molecule has 1 amide bonds. The standard InChI is InChI=1S/C14H14F2N4O/c1-7-17-14(20(2)19-7)18-13(21)10-6-9(10)8-3-4-11(15)12(16)5-8/h3-5,9-10H,6H2,1-2H3,(H,17,18,19,21). The number of hydrogen-bond donors (Lipinski definition) is 1. The van der Waals surface area contributed by atoms with Crippen LogP contribution in [-0.4, -0.2) is 20.7 Å². The van der Waals surface area contributed by atoms with E-state index in [-0.39, 0.29) is 17.7 Å². The fourth-order valence-electron chi connectivity index (χ4n) is 2.42. The molecule has 0 spiro atoms. The van der Waals surface area contributed by atoms with Crippen LogP contribution in [0.2, 0.25) is 0 Å². The monoisotopic (exact) mass is 292 g/mol. The number of aromatic nitrogens is 3. The minimum atomic E-state index is -0.887. The largest absolute Gasteiger partial charge is 0.294 e. The number of nitrogens with zero attached hydrogens (tertiary/aromatic N) is 3. The van der Waals surface area contributed by atoms with Crippen molar-refractivity contribution in [2.24, 2.45) is 13.0 Å². The second kappa shape index (κ2) is 4.91. The molecule has 1 aliphatic carbocycles. The van der Waals surface area contributed by atoms with Gasteiger partial charge in [0.05, 0.1) is 0 Å². The van der Waals surface area contributed by atoms with Gasteiger partial charge in [-0.2, -0.15) is 10.1 Å². The van der Waals surface area contributed by atoms with E-state index >= 15 is 0 Å². The first kappa shape index (κ1) is 13.7. The summed E-state index contributed by atoms with van der Waals surface area (Å²) in [6.07, 6.45) is 0.619. The molecule has 1 aromatic heterocycles. The minimum Gasteiger partial charge on any atom is -0.294 e. The molecule has 110 valence electrons. The van der Waals surface area contributed by atoms with Crippen LogP contribution in [0.1, 0.15) is 23.7 Å². The number of aryl methyl sites for hydroxylation is 2. The van der Waals surface area contributed by atoms with Crippen molar-refractivity contribution in [3.05, 3.63) is 41.2 Å². The van der Waals surface area contributed by atoms with Gasteiger partial charge in [0.25, 0.3) is 0 Å². The zero-order chi connectivity index (χ0) is 15.1. The summed E-state index contributed by atoms with van der Waals surface area (Å²) in [7, 11) is 1.69. The summed E-state index contributed by atoms with van der Waals surface area (Å²) >= 11 is 0. The van der Waals surface area contributed by atoms with Crippen molar-refractivity contribution in [2.45, 2.75) is 19.3 Å². The Labute approximate surface area is 120 Å². The van der Waals surface area contributed by atoms with Crippen LogP contribution in [0.4, 0.5) is 14.7 Å². The van der Waals surface area contributed by atoms with Crippen LogP contribution >= 0.6 is 0 Å². The lowest BCUT2D eigenvalue weighted by molar-refractivity contribution is -0.117. The van der Waals surface area contributed by atoms with Gasteiger partial charge in [-0.15, -0.1) is 0 Å². The van der Waals surface area contributed by atoms with Crippen LogP contribution in [0, 0.1) is 24.5 Å². The fourth-order valence-corrected chi connectivity index (χ4v) is 2.42. The Morgan fingerprint density at radius 2 is 2.14 bits per heavy atom. The molecular weight excluding hydrogens is 278 g/mol. The number of hydrogen-bond acceptors (Lipinski definition) is 3. The summed E-state index contributed by atoms with van der Waals surface area (Å²) < 4.78 is 27.6. The Bertz CT molecular complexity index is 713. The van der Waals surface area contributed by atoms with Crippen molar-refractivity contribution in [1.82, 2.24) is 14.8 Å². The minimum absolute atomic E-state index is 0.0746. The van der Waals surface area contributed by atoms with Crippen LogP contribution < -0.4 is 5.32 Å². The summed E-state index contributed by atoms with van der Waals surface area (Å²) in [6.45, 7) is 1.73. The van der Waals surface area contributed by atoms with E-state index < -0.39 is 11.6 Å². The number of halogens is 2. The molecule has 2 aromatic rings. The first-order chi connectivity index (χ1) is 9.95. The smallest absolute Gasteiger partial charge is 0.230 e. The molecular formula is C14H14F2N4O. The van der Waals surface area contributed by atoms with Gasteiger partial charge in [0.15, 0.2) is 11.6 Å². The molecule has 1 aromatic carbocycles. The average molecular weight is 292 g/mol. The fraction of sp³-hybridized carbons (Fsp3) is 0.357. The maximum atomic E-state index is 13.2. The molecule has 2 atom stereocenters. The van der Waals surface area contributed by atoms with Gasteiger partial charge in [-0.3, -0.25) is 10.1 Å². The van der Waals surface area contributed by atoms with Crippen molar-refractivity contribution in [1.29, 1.82) is 0 Å². The number of carbonyl (C=O) groups excluding carboxylic acids is 1. The highest BCUT2D eigenvalue weighted by Gasteiger charge is 2.44. The molecule has 0 saturated heterocycles. The molecule has 5 nitrogen and oxygen atoms in total. The van der Waals surface area contributed by atoms with Gasteiger partial charge in [0.2, 0.25) is 11.9 Å². The molecule has 21 heavy (non-hydrogen) atoms.